The van der Waals surface area contributed by atoms with E-state index in [9.17, 15) is 4.79 Å². The molecule has 0 aliphatic rings. The molecule has 0 spiro atoms. The van der Waals surface area contributed by atoms with Crippen molar-refractivity contribution in [2.45, 2.75) is 6.61 Å². The molecule has 28 heavy (non-hydrogen) atoms. The van der Waals surface area contributed by atoms with Crippen molar-refractivity contribution < 1.29 is 14.3 Å². The molecule has 0 saturated heterocycles. The summed E-state index contributed by atoms with van der Waals surface area (Å²) in [7, 11) is 1.62. The zero-order chi connectivity index (χ0) is 19.3. The SMILES string of the molecule is COc1ccccc1-c1nc(COC(=O)c2ccccc2-n2cnnn2)cs1. The molecule has 2 aromatic carbocycles. The molecule has 0 saturated carbocycles. The molecule has 8 nitrogen and oxygen atoms in total. The average molecular weight is 393 g/mol. The first-order valence-corrected chi connectivity index (χ1v) is 9.21. The second-order valence-electron chi connectivity index (χ2n) is 5.69. The Balaban J connectivity index is 1.49. The van der Waals surface area contributed by atoms with Crippen molar-refractivity contribution in [3.63, 3.8) is 0 Å². The van der Waals surface area contributed by atoms with E-state index < -0.39 is 5.97 Å². The first kappa shape index (κ1) is 17.8. The van der Waals surface area contributed by atoms with E-state index in [4.69, 9.17) is 9.47 Å². The summed E-state index contributed by atoms with van der Waals surface area (Å²) in [6, 6.07) is 14.6. The lowest BCUT2D eigenvalue weighted by Crippen LogP contribution is -2.10. The van der Waals surface area contributed by atoms with E-state index in [1.165, 1.54) is 22.3 Å². The highest BCUT2D eigenvalue weighted by atomic mass is 32.1. The second kappa shape index (κ2) is 7.97. The van der Waals surface area contributed by atoms with Crippen LogP contribution in [0.2, 0.25) is 0 Å². The van der Waals surface area contributed by atoms with E-state index in [1.807, 2.05) is 29.6 Å². The quantitative estimate of drug-likeness (QED) is 0.465. The summed E-state index contributed by atoms with van der Waals surface area (Å²) >= 11 is 1.47. The molecule has 0 radical (unpaired) electrons. The number of esters is 1. The smallest absolute Gasteiger partial charge is 0.340 e. The van der Waals surface area contributed by atoms with Gasteiger partial charge in [-0.25, -0.2) is 9.78 Å². The van der Waals surface area contributed by atoms with Gasteiger partial charge in [0.25, 0.3) is 0 Å². The molecule has 2 aromatic heterocycles. The van der Waals surface area contributed by atoms with Crippen LogP contribution in [0.3, 0.4) is 0 Å². The molecule has 0 fully saturated rings. The third-order valence-electron chi connectivity index (χ3n) is 3.96. The molecule has 9 heteroatoms. The highest BCUT2D eigenvalue weighted by Gasteiger charge is 2.16. The Labute approximate surface area is 164 Å². The van der Waals surface area contributed by atoms with Gasteiger partial charge in [-0.05, 0) is 34.7 Å². The number of hydrogen-bond acceptors (Lipinski definition) is 8. The number of ether oxygens (including phenoxy) is 2. The van der Waals surface area contributed by atoms with E-state index in [2.05, 4.69) is 20.5 Å². The number of rotatable bonds is 6. The number of tetrazole rings is 1. The van der Waals surface area contributed by atoms with Crippen LogP contribution in [-0.2, 0) is 11.3 Å². The minimum atomic E-state index is -0.474. The van der Waals surface area contributed by atoms with E-state index in [-0.39, 0.29) is 6.61 Å². The summed E-state index contributed by atoms with van der Waals surface area (Å²) in [6.45, 7) is 0.0639. The predicted molar refractivity (Wildman–Crippen MR) is 102 cm³/mol. The Kier molecular flexibility index (Phi) is 5.07. The number of hydrogen-bond donors (Lipinski definition) is 0. The summed E-state index contributed by atoms with van der Waals surface area (Å²) in [5.41, 5.74) is 2.48. The fourth-order valence-corrected chi connectivity index (χ4v) is 3.49. The van der Waals surface area contributed by atoms with Crippen LogP contribution in [0.5, 0.6) is 5.75 Å². The zero-order valence-electron chi connectivity index (χ0n) is 14.8. The molecular formula is C19H15N5O3S. The van der Waals surface area contributed by atoms with Gasteiger partial charge < -0.3 is 9.47 Å². The molecule has 0 N–H and O–H groups in total. The van der Waals surface area contributed by atoms with Crippen LogP contribution < -0.4 is 4.74 Å². The van der Waals surface area contributed by atoms with Gasteiger partial charge >= 0.3 is 5.97 Å². The average Bonchev–Trinajstić information content (AvgIpc) is 3.44. The van der Waals surface area contributed by atoms with Crippen LogP contribution in [0.1, 0.15) is 16.1 Å². The Morgan fingerprint density at radius 3 is 2.79 bits per heavy atom. The van der Waals surface area contributed by atoms with Gasteiger partial charge in [0.2, 0.25) is 0 Å². The Morgan fingerprint density at radius 2 is 1.96 bits per heavy atom. The second-order valence-corrected chi connectivity index (χ2v) is 6.55. The maximum atomic E-state index is 12.6. The summed E-state index contributed by atoms with van der Waals surface area (Å²) in [5.74, 6) is 0.272. The minimum absolute atomic E-state index is 0.0639. The number of benzene rings is 2. The molecule has 0 bridgehead atoms. The maximum absolute atomic E-state index is 12.6. The normalized spacial score (nSPS) is 10.6. The van der Waals surface area contributed by atoms with Gasteiger partial charge in [0.05, 0.1) is 29.6 Å². The summed E-state index contributed by atoms with van der Waals surface area (Å²) < 4.78 is 12.2. The van der Waals surface area contributed by atoms with Gasteiger partial charge in [-0.2, -0.15) is 4.68 Å². The fraction of sp³-hybridized carbons (Fsp3) is 0.105. The number of thiazole rings is 1. The zero-order valence-corrected chi connectivity index (χ0v) is 15.7. The lowest BCUT2D eigenvalue weighted by atomic mass is 10.2. The summed E-state index contributed by atoms with van der Waals surface area (Å²) in [4.78, 5) is 17.1. The van der Waals surface area contributed by atoms with Crippen LogP contribution >= 0.6 is 11.3 Å². The van der Waals surface area contributed by atoms with Gasteiger partial charge in [0.1, 0.15) is 23.7 Å². The van der Waals surface area contributed by atoms with Crippen LogP contribution in [0.25, 0.3) is 16.3 Å². The molecule has 140 valence electrons. The number of nitrogens with zero attached hydrogens (tertiary/aromatic N) is 5. The van der Waals surface area contributed by atoms with E-state index >= 15 is 0 Å². The lowest BCUT2D eigenvalue weighted by Gasteiger charge is -2.08. The van der Waals surface area contributed by atoms with Crippen LogP contribution in [-0.4, -0.2) is 38.3 Å². The molecule has 0 aliphatic heterocycles. The Morgan fingerprint density at radius 1 is 1.14 bits per heavy atom. The van der Waals surface area contributed by atoms with E-state index in [1.54, 1.807) is 31.4 Å². The van der Waals surface area contributed by atoms with E-state index in [0.29, 0.717) is 16.9 Å². The number of aromatic nitrogens is 5. The lowest BCUT2D eigenvalue weighted by molar-refractivity contribution is 0.0468. The highest BCUT2D eigenvalue weighted by Crippen LogP contribution is 2.32. The third kappa shape index (κ3) is 3.60. The molecule has 4 aromatic rings. The van der Waals surface area contributed by atoms with Crippen LogP contribution in [0.4, 0.5) is 0 Å². The van der Waals surface area contributed by atoms with Crippen molar-refractivity contribution in [3.05, 3.63) is 71.5 Å². The molecule has 0 unspecified atom stereocenters. The maximum Gasteiger partial charge on any atom is 0.340 e. The molecular weight excluding hydrogens is 378 g/mol. The van der Waals surface area contributed by atoms with Gasteiger partial charge in [-0.15, -0.1) is 16.4 Å². The van der Waals surface area contributed by atoms with Crippen LogP contribution in [0.15, 0.2) is 60.2 Å². The largest absolute Gasteiger partial charge is 0.496 e. The third-order valence-corrected chi connectivity index (χ3v) is 4.88. The fourth-order valence-electron chi connectivity index (χ4n) is 2.65. The van der Waals surface area contributed by atoms with E-state index in [0.717, 1.165) is 16.3 Å². The van der Waals surface area contributed by atoms with Gasteiger partial charge in [0.15, 0.2) is 0 Å². The standard InChI is InChI=1S/C19H15N5O3S/c1-26-17-9-5-3-7-15(17)18-21-13(11-28-18)10-27-19(25)14-6-2-4-8-16(14)24-12-20-22-23-24/h2-9,11-12H,10H2,1H3. The van der Waals surface area contributed by atoms with Crippen molar-refractivity contribution in [2.24, 2.45) is 0 Å². The summed E-state index contributed by atoms with van der Waals surface area (Å²) in [5, 5.41) is 13.7. The minimum Gasteiger partial charge on any atom is -0.496 e. The summed E-state index contributed by atoms with van der Waals surface area (Å²) in [6.07, 6.45) is 1.42. The molecule has 4 rings (SSSR count). The predicted octanol–water partition coefficient (Wildman–Crippen LogP) is 3.15. The number of carbonyl (C=O) groups excluding carboxylic acids is 1. The van der Waals surface area contributed by atoms with Crippen molar-refractivity contribution in [1.82, 2.24) is 25.2 Å². The first-order chi connectivity index (χ1) is 13.8. The highest BCUT2D eigenvalue weighted by molar-refractivity contribution is 7.13. The number of carbonyl (C=O) groups is 1. The van der Waals surface area contributed by atoms with Gasteiger partial charge in [-0.1, -0.05) is 24.3 Å². The Hall–Kier alpha value is -3.59. The molecule has 2 heterocycles. The number of para-hydroxylation sites is 2. The monoisotopic (exact) mass is 393 g/mol. The van der Waals surface area contributed by atoms with Crippen molar-refractivity contribution in [2.75, 3.05) is 7.11 Å². The number of methoxy groups -OCH3 is 1. The topological polar surface area (TPSA) is 92.0 Å². The van der Waals surface area contributed by atoms with Crippen molar-refractivity contribution >= 4 is 17.3 Å². The molecule has 0 atom stereocenters. The van der Waals surface area contributed by atoms with Crippen molar-refractivity contribution in [1.29, 1.82) is 0 Å². The van der Waals surface area contributed by atoms with Gasteiger partial charge in [0, 0.05) is 5.38 Å². The first-order valence-electron chi connectivity index (χ1n) is 8.33. The van der Waals surface area contributed by atoms with Gasteiger partial charge in [-0.3, -0.25) is 0 Å². The molecule has 0 aliphatic carbocycles. The van der Waals surface area contributed by atoms with Crippen LogP contribution in [0, 0.1) is 0 Å². The van der Waals surface area contributed by atoms with Crippen molar-refractivity contribution in [3.8, 4) is 22.0 Å². The molecule has 0 amide bonds. The Bertz CT molecular complexity index is 1090.